The van der Waals surface area contributed by atoms with Crippen LogP contribution in [0.25, 0.3) is 0 Å². The van der Waals surface area contributed by atoms with Crippen molar-refractivity contribution < 1.29 is 27.4 Å². The first-order valence-electron chi connectivity index (χ1n) is 5.40. The number of alkyl halides is 3. The van der Waals surface area contributed by atoms with Gasteiger partial charge < -0.3 is 25.8 Å². The molecule has 1 rings (SSSR count). The van der Waals surface area contributed by atoms with Crippen LogP contribution in [-0.4, -0.2) is 33.0 Å². The van der Waals surface area contributed by atoms with Crippen LogP contribution in [0.15, 0.2) is 12.1 Å². The minimum absolute atomic E-state index is 0.113. The molecule has 4 N–H and O–H groups in total. The molecule has 0 aliphatic heterocycles. The Morgan fingerprint density at radius 1 is 1.25 bits per heavy atom. The smallest absolute Gasteiger partial charge is 0.405 e. The fraction of sp³-hybridized carbons (Fsp3) is 0.364. The molecule has 0 aromatic heterocycles. The number of rotatable bonds is 4. The molecular weight excluding hydrogens is 279 g/mol. The number of nitrogens with two attached hydrogens (primary N) is 1. The van der Waals surface area contributed by atoms with E-state index in [9.17, 15) is 18.0 Å². The van der Waals surface area contributed by atoms with Crippen LogP contribution < -0.4 is 25.8 Å². The van der Waals surface area contributed by atoms with Crippen molar-refractivity contribution in [2.24, 2.45) is 0 Å². The molecule has 112 valence electrons. The van der Waals surface area contributed by atoms with Crippen LogP contribution >= 0.6 is 0 Å². The minimum Gasteiger partial charge on any atom is -0.493 e. The van der Waals surface area contributed by atoms with Gasteiger partial charge >= 0.3 is 12.2 Å². The molecule has 0 aliphatic carbocycles. The number of ether oxygens (including phenoxy) is 2. The summed E-state index contributed by atoms with van der Waals surface area (Å²) < 4.78 is 45.8. The Morgan fingerprint density at radius 3 is 2.30 bits per heavy atom. The third-order valence-corrected chi connectivity index (χ3v) is 2.25. The van der Waals surface area contributed by atoms with Gasteiger partial charge in [0, 0.05) is 12.1 Å². The number of anilines is 2. The fourth-order valence-electron chi connectivity index (χ4n) is 1.35. The number of nitrogens with one attached hydrogen (secondary N) is 2. The van der Waals surface area contributed by atoms with Gasteiger partial charge in [-0.1, -0.05) is 0 Å². The van der Waals surface area contributed by atoms with Crippen LogP contribution in [0.3, 0.4) is 0 Å². The highest BCUT2D eigenvalue weighted by molar-refractivity contribution is 5.93. The zero-order valence-electron chi connectivity index (χ0n) is 10.8. The number of hydrogen-bond donors (Lipinski definition) is 3. The molecular formula is C11H14F3N3O3. The van der Waals surface area contributed by atoms with Gasteiger partial charge in [0.05, 0.1) is 25.6 Å². The van der Waals surface area contributed by atoms with E-state index >= 15 is 0 Å². The van der Waals surface area contributed by atoms with Gasteiger partial charge in [-0.2, -0.15) is 13.2 Å². The summed E-state index contributed by atoms with van der Waals surface area (Å²) in [6, 6.07) is 1.71. The van der Waals surface area contributed by atoms with Gasteiger partial charge in [0.1, 0.15) is 6.54 Å². The number of amides is 2. The van der Waals surface area contributed by atoms with Gasteiger partial charge in [-0.15, -0.1) is 0 Å². The van der Waals surface area contributed by atoms with Crippen LogP contribution in [0.2, 0.25) is 0 Å². The van der Waals surface area contributed by atoms with Crippen molar-refractivity contribution >= 4 is 17.4 Å². The van der Waals surface area contributed by atoms with Crippen LogP contribution in [0.1, 0.15) is 0 Å². The van der Waals surface area contributed by atoms with E-state index in [1.165, 1.54) is 26.4 Å². The number of urea groups is 1. The summed E-state index contributed by atoms with van der Waals surface area (Å²) in [7, 11) is 2.78. The lowest BCUT2D eigenvalue weighted by Crippen LogP contribution is -2.36. The average Bonchev–Trinajstić information content (AvgIpc) is 2.37. The van der Waals surface area contributed by atoms with Crippen molar-refractivity contribution in [1.82, 2.24) is 5.32 Å². The highest BCUT2D eigenvalue weighted by Crippen LogP contribution is 2.34. The van der Waals surface area contributed by atoms with Crippen molar-refractivity contribution in [3.8, 4) is 11.5 Å². The Bertz CT molecular complexity index is 492. The molecule has 0 atom stereocenters. The van der Waals surface area contributed by atoms with Crippen molar-refractivity contribution in [2.45, 2.75) is 6.18 Å². The monoisotopic (exact) mass is 293 g/mol. The largest absolute Gasteiger partial charge is 0.493 e. The molecule has 0 bridgehead atoms. The molecule has 0 heterocycles. The van der Waals surface area contributed by atoms with Crippen LogP contribution in [0.5, 0.6) is 11.5 Å². The maximum absolute atomic E-state index is 11.9. The normalized spacial score (nSPS) is 10.8. The zero-order valence-corrected chi connectivity index (χ0v) is 10.8. The molecule has 1 aromatic carbocycles. The topological polar surface area (TPSA) is 85.6 Å². The van der Waals surface area contributed by atoms with Gasteiger partial charge in [0.15, 0.2) is 11.5 Å². The third-order valence-electron chi connectivity index (χ3n) is 2.25. The van der Waals surface area contributed by atoms with Crippen LogP contribution in [0.4, 0.5) is 29.3 Å². The summed E-state index contributed by atoms with van der Waals surface area (Å²) in [5.74, 6) is 0.624. The van der Waals surface area contributed by atoms with E-state index in [0.717, 1.165) is 0 Å². The van der Waals surface area contributed by atoms with Crippen molar-refractivity contribution in [2.75, 3.05) is 31.8 Å². The van der Waals surface area contributed by atoms with Crippen molar-refractivity contribution in [3.05, 3.63) is 12.1 Å². The molecule has 0 saturated carbocycles. The molecule has 0 radical (unpaired) electrons. The SMILES string of the molecule is COc1cc(N)c(NC(=O)NCC(F)(F)F)cc1OC. The third kappa shape index (κ3) is 4.41. The van der Waals surface area contributed by atoms with E-state index in [1.54, 1.807) is 5.32 Å². The first kappa shape index (κ1) is 15.7. The summed E-state index contributed by atoms with van der Waals surface area (Å²) in [6.45, 7) is -1.44. The Morgan fingerprint density at radius 2 is 1.80 bits per heavy atom. The quantitative estimate of drug-likeness (QED) is 0.741. The van der Waals surface area contributed by atoms with E-state index in [0.29, 0.717) is 5.75 Å². The van der Waals surface area contributed by atoms with Crippen LogP contribution in [0, 0.1) is 0 Å². The number of carbonyl (C=O) groups is 1. The predicted octanol–water partition coefficient (Wildman–Crippen LogP) is 1.97. The highest BCUT2D eigenvalue weighted by atomic mass is 19.4. The lowest BCUT2D eigenvalue weighted by molar-refractivity contribution is -0.122. The lowest BCUT2D eigenvalue weighted by Gasteiger charge is -2.14. The Hall–Kier alpha value is -2.32. The first-order valence-corrected chi connectivity index (χ1v) is 5.40. The molecule has 0 fully saturated rings. The standard InChI is InChI=1S/C11H14F3N3O3/c1-19-8-3-6(15)7(4-9(8)20-2)17-10(18)16-5-11(12,13)14/h3-4H,5,15H2,1-2H3,(H2,16,17,18). The second-order valence-corrected chi connectivity index (χ2v) is 3.72. The van der Waals surface area contributed by atoms with E-state index in [-0.39, 0.29) is 17.1 Å². The lowest BCUT2D eigenvalue weighted by atomic mass is 10.2. The maximum Gasteiger partial charge on any atom is 0.405 e. The van der Waals surface area contributed by atoms with Gasteiger partial charge in [0.2, 0.25) is 0 Å². The van der Waals surface area contributed by atoms with Gasteiger partial charge in [-0.05, 0) is 0 Å². The summed E-state index contributed by atoms with van der Waals surface area (Å²) in [5.41, 5.74) is 5.89. The van der Waals surface area contributed by atoms with E-state index in [4.69, 9.17) is 15.2 Å². The van der Waals surface area contributed by atoms with E-state index in [1.807, 2.05) is 0 Å². The molecule has 0 saturated heterocycles. The Kier molecular flexibility index (Phi) is 4.89. The summed E-state index contributed by atoms with van der Waals surface area (Å²) in [5, 5.41) is 3.86. The number of benzene rings is 1. The van der Waals surface area contributed by atoms with Crippen molar-refractivity contribution in [3.63, 3.8) is 0 Å². The number of carbonyl (C=O) groups excluding carboxylic acids is 1. The molecule has 2 amide bonds. The second-order valence-electron chi connectivity index (χ2n) is 3.72. The van der Waals surface area contributed by atoms with Crippen LogP contribution in [-0.2, 0) is 0 Å². The Labute approximate surface area is 113 Å². The molecule has 6 nitrogen and oxygen atoms in total. The zero-order chi connectivity index (χ0) is 15.3. The maximum atomic E-state index is 11.9. The van der Waals surface area contributed by atoms with Gasteiger partial charge in [-0.25, -0.2) is 4.79 Å². The van der Waals surface area contributed by atoms with Gasteiger partial charge in [-0.3, -0.25) is 0 Å². The summed E-state index contributed by atoms with van der Waals surface area (Å²) >= 11 is 0. The summed E-state index contributed by atoms with van der Waals surface area (Å²) in [6.07, 6.45) is -4.49. The van der Waals surface area contributed by atoms with Gasteiger partial charge in [0.25, 0.3) is 0 Å². The molecule has 0 unspecified atom stereocenters. The average molecular weight is 293 g/mol. The first-order chi connectivity index (χ1) is 9.26. The molecule has 0 aliphatic rings. The van der Waals surface area contributed by atoms with E-state index in [2.05, 4.69) is 5.32 Å². The Balaban J connectivity index is 2.79. The molecule has 9 heteroatoms. The van der Waals surface area contributed by atoms with E-state index < -0.39 is 18.8 Å². The fourth-order valence-corrected chi connectivity index (χ4v) is 1.35. The number of halogens is 3. The molecule has 0 spiro atoms. The number of methoxy groups -OCH3 is 2. The second kappa shape index (κ2) is 6.22. The minimum atomic E-state index is -4.49. The molecule has 20 heavy (non-hydrogen) atoms. The highest BCUT2D eigenvalue weighted by Gasteiger charge is 2.27. The summed E-state index contributed by atoms with van der Waals surface area (Å²) in [4.78, 5) is 11.3. The predicted molar refractivity (Wildman–Crippen MR) is 67.0 cm³/mol. The number of hydrogen-bond acceptors (Lipinski definition) is 4. The molecule has 1 aromatic rings. The van der Waals surface area contributed by atoms with Crippen molar-refractivity contribution in [1.29, 1.82) is 0 Å². The number of nitrogen functional groups attached to an aromatic ring is 1.